The van der Waals surface area contributed by atoms with Crippen LogP contribution in [0.2, 0.25) is 0 Å². The van der Waals surface area contributed by atoms with Crippen molar-refractivity contribution in [1.29, 1.82) is 0 Å². The van der Waals surface area contributed by atoms with Crippen LogP contribution in [0.5, 0.6) is 0 Å². The van der Waals surface area contributed by atoms with Gasteiger partial charge in [-0.15, -0.1) is 0 Å². The Hall–Kier alpha value is -4.57. The van der Waals surface area contributed by atoms with Crippen molar-refractivity contribution in [2.24, 2.45) is 0 Å². The van der Waals surface area contributed by atoms with Gasteiger partial charge in [0.25, 0.3) is 6.29 Å². The summed E-state index contributed by atoms with van der Waals surface area (Å²) in [6.07, 6.45) is 94.1. The van der Waals surface area contributed by atoms with Crippen LogP contribution in [-0.2, 0) is 33.3 Å². The average molecular weight is 1210 g/mol. The van der Waals surface area contributed by atoms with Crippen molar-refractivity contribution in [3.05, 3.63) is 134 Å². The molecule has 9 nitrogen and oxygen atoms in total. The number of carboxylic acid groups (broad SMARTS) is 1. The van der Waals surface area contributed by atoms with E-state index in [4.69, 9.17) is 18.9 Å². The molecule has 0 radical (unpaired) electrons. The number of rotatable bonds is 64. The smallest absolute Gasteiger partial charge is 0.361 e. The zero-order chi connectivity index (χ0) is 63.3. The monoisotopic (exact) mass is 1210 g/mol. The lowest BCUT2D eigenvalue weighted by Gasteiger charge is -2.25. The second-order valence-corrected chi connectivity index (χ2v) is 24.5. The highest BCUT2D eigenvalue weighted by molar-refractivity contribution is 5.71. The van der Waals surface area contributed by atoms with Crippen LogP contribution >= 0.6 is 0 Å². The number of hydrogen-bond donors (Lipinski definition) is 1. The number of allylic oxidation sites excluding steroid dienone is 22. The highest BCUT2D eigenvalue weighted by Crippen LogP contribution is 2.16. The van der Waals surface area contributed by atoms with Crippen molar-refractivity contribution in [3.8, 4) is 0 Å². The first kappa shape index (κ1) is 82.4. The summed E-state index contributed by atoms with van der Waals surface area (Å²) in [5.74, 6) is -2.01. The lowest BCUT2D eigenvalue weighted by Crippen LogP contribution is -2.40. The Kier molecular flexibility index (Phi) is 63.8. The minimum atomic E-state index is -1.52. The van der Waals surface area contributed by atoms with Crippen LogP contribution in [0.4, 0.5) is 0 Å². The van der Waals surface area contributed by atoms with Crippen molar-refractivity contribution < 1.29 is 42.9 Å². The molecule has 0 amide bonds. The van der Waals surface area contributed by atoms with Crippen molar-refractivity contribution in [1.82, 2.24) is 0 Å². The molecule has 87 heavy (non-hydrogen) atoms. The summed E-state index contributed by atoms with van der Waals surface area (Å²) in [5.41, 5.74) is 0. The van der Waals surface area contributed by atoms with E-state index in [0.717, 1.165) is 109 Å². The number of hydrogen-bond acceptors (Lipinski definition) is 7. The molecule has 496 valence electrons. The van der Waals surface area contributed by atoms with E-state index in [1.54, 1.807) is 0 Å². The first-order valence-electron chi connectivity index (χ1n) is 35.3. The Morgan fingerprint density at radius 2 is 0.655 bits per heavy atom. The summed E-state index contributed by atoms with van der Waals surface area (Å²) < 4.78 is 23.0. The van der Waals surface area contributed by atoms with Gasteiger partial charge in [0.2, 0.25) is 0 Å². The number of carbonyl (C=O) groups is 3. The van der Waals surface area contributed by atoms with Crippen molar-refractivity contribution >= 4 is 17.9 Å². The summed E-state index contributed by atoms with van der Waals surface area (Å²) >= 11 is 0. The highest BCUT2D eigenvalue weighted by atomic mass is 16.7. The summed E-state index contributed by atoms with van der Waals surface area (Å²) in [6, 6.07) is 0. The third-order valence-corrected chi connectivity index (χ3v) is 14.9. The molecule has 0 saturated heterocycles. The van der Waals surface area contributed by atoms with Crippen LogP contribution in [0.25, 0.3) is 0 Å². The van der Waals surface area contributed by atoms with Gasteiger partial charge in [0.05, 0.1) is 34.4 Å². The molecule has 9 heteroatoms. The molecule has 0 bridgehead atoms. The van der Waals surface area contributed by atoms with Crippen molar-refractivity contribution in [3.63, 3.8) is 0 Å². The summed E-state index contributed by atoms with van der Waals surface area (Å²) in [5, 5.41) is 9.75. The third kappa shape index (κ3) is 68.8. The molecule has 0 aliphatic rings. The number of nitrogens with zero attached hydrogens (tertiary/aromatic N) is 1. The molecule has 0 aliphatic heterocycles. The van der Waals surface area contributed by atoms with E-state index in [-0.39, 0.29) is 32.2 Å². The van der Waals surface area contributed by atoms with Crippen LogP contribution in [0.15, 0.2) is 134 Å². The molecule has 0 aromatic carbocycles. The number of carboxylic acids is 1. The Balaban J connectivity index is 4.14. The minimum Gasteiger partial charge on any atom is -0.477 e. The third-order valence-electron chi connectivity index (χ3n) is 14.9. The fourth-order valence-corrected chi connectivity index (χ4v) is 9.51. The van der Waals surface area contributed by atoms with Gasteiger partial charge in [0, 0.05) is 12.8 Å². The topological polar surface area (TPSA) is 108 Å². The normalized spacial score (nSPS) is 13.5. The summed E-state index contributed by atoms with van der Waals surface area (Å²) in [7, 11) is 5.97. The molecule has 0 spiro atoms. The largest absolute Gasteiger partial charge is 0.477 e. The van der Waals surface area contributed by atoms with E-state index in [1.165, 1.54) is 141 Å². The number of likely N-dealkylation sites (N-methyl/N-ethyl adjacent to an activating group) is 1. The first-order valence-corrected chi connectivity index (χ1v) is 35.3. The standard InChI is InChI=1S/C78H131NO8/c1-6-8-10-12-14-16-18-20-22-24-26-28-30-31-32-33-34-35-36-37-38-39-40-41-42-43-44-45-47-49-51-53-55-57-59-61-63-65-67-69-76(81)87-74(73-86-78(77(82)83)84-71-70-79(3,4)5)72-85-75(80)68-66-64-62-60-58-56-54-52-50-48-46-29-27-25-23-21-19-17-15-13-11-9-7-2/h8,10,14,16,19-22,25-28,31-32,34-35,37-38,40-41,43-44,74,78H,6-7,9,11-13,15,17-18,23-24,29-30,33,36,39,42,45-73H2,1-5H3/p+1/b10-8-,16-14-,21-19-,22-20-,27-25-,28-26-,32-31-,35-34-,38-37-,41-40-,44-43-. The molecule has 2 atom stereocenters. The predicted molar refractivity (Wildman–Crippen MR) is 373 cm³/mol. The molecule has 0 saturated carbocycles. The Bertz CT molecular complexity index is 1890. The molecule has 0 aromatic heterocycles. The quantitative estimate of drug-likeness (QED) is 0.0211. The number of esters is 2. The fourth-order valence-electron chi connectivity index (χ4n) is 9.51. The van der Waals surface area contributed by atoms with Crippen LogP contribution in [-0.4, -0.2) is 87.4 Å². The molecule has 0 aliphatic carbocycles. The maximum absolute atomic E-state index is 12.9. The number of quaternary nitrogens is 1. The molecular weight excluding hydrogens is 1080 g/mol. The lowest BCUT2D eigenvalue weighted by molar-refractivity contribution is -0.870. The number of aliphatic carboxylic acids is 1. The van der Waals surface area contributed by atoms with Crippen molar-refractivity contribution in [2.45, 2.75) is 296 Å². The van der Waals surface area contributed by atoms with E-state index in [2.05, 4.69) is 148 Å². The zero-order valence-electron chi connectivity index (χ0n) is 56.6. The van der Waals surface area contributed by atoms with Gasteiger partial charge in [-0.05, 0) is 116 Å². The maximum atomic E-state index is 12.9. The molecule has 2 unspecified atom stereocenters. The average Bonchev–Trinajstić information content (AvgIpc) is 3.55. The molecule has 0 rings (SSSR count). The number of carbonyl (C=O) groups excluding carboxylic acids is 2. The Labute approximate surface area is 535 Å². The van der Waals surface area contributed by atoms with Gasteiger partial charge in [-0.25, -0.2) is 4.79 Å². The predicted octanol–water partition coefficient (Wildman–Crippen LogP) is 22.1. The van der Waals surface area contributed by atoms with Gasteiger partial charge < -0.3 is 28.5 Å². The van der Waals surface area contributed by atoms with Gasteiger partial charge in [-0.2, -0.15) is 0 Å². The van der Waals surface area contributed by atoms with E-state index in [9.17, 15) is 19.5 Å². The second kappa shape index (κ2) is 67.4. The van der Waals surface area contributed by atoms with Gasteiger partial charge in [0.1, 0.15) is 13.2 Å². The maximum Gasteiger partial charge on any atom is 0.361 e. The van der Waals surface area contributed by atoms with Crippen LogP contribution in [0, 0.1) is 0 Å². The minimum absolute atomic E-state index is 0.182. The molecule has 1 N–H and O–H groups in total. The molecule has 0 heterocycles. The van der Waals surface area contributed by atoms with E-state index >= 15 is 0 Å². The summed E-state index contributed by atoms with van der Waals surface area (Å²) in [4.78, 5) is 37.6. The van der Waals surface area contributed by atoms with Gasteiger partial charge in [-0.3, -0.25) is 9.59 Å². The van der Waals surface area contributed by atoms with Crippen LogP contribution in [0.1, 0.15) is 284 Å². The summed E-state index contributed by atoms with van der Waals surface area (Å²) in [6.45, 7) is 4.76. The van der Waals surface area contributed by atoms with Crippen LogP contribution in [0.3, 0.4) is 0 Å². The SMILES string of the molecule is CC/C=C\C/C=C\C/C=C\C/C=C\C/C=C\C/C=C\C/C=C\C/C=C\C/C=C\CCCCCCCCCCCCCC(=O)OC(COC(=O)CCCCCCCCCCCCC/C=C\C/C=C\CCCCCCC)COC(OCC[N+](C)(C)C)C(=O)O. The van der Waals surface area contributed by atoms with Crippen molar-refractivity contribution in [2.75, 3.05) is 47.5 Å². The first-order chi connectivity index (χ1) is 42.6. The van der Waals surface area contributed by atoms with E-state index in [1.807, 2.05) is 21.1 Å². The Morgan fingerprint density at radius 3 is 0.977 bits per heavy atom. The fraction of sp³-hybridized carbons (Fsp3) is 0.679. The van der Waals surface area contributed by atoms with Gasteiger partial charge in [0.15, 0.2) is 6.10 Å². The highest BCUT2D eigenvalue weighted by Gasteiger charge is 2.25. The van der Waals surface area contributed by atoms with Gasteiger partial charge >= 0.3 is 17.9 Å². The van der Waals surface area contributed by atoms with Crippen LogP contribution < -0.4 is 0 Å². The zero-order valence-corrected chi connectivity index (χ0v) is 56.6. The van der Waals surface area contributed by atoms with E-state index in [0.29, 0.717) is 23.9 Å². The molecule has 0 aromatic rings. The lowest BCUT2D eigenvalue weighted by atomic mass is 10.0. The number of ether oxygens (including phenoxy) is 4. The number of unbranched alkanes of at least 4 members (excludes halogenated alkanes) is 27. The molecule has 0 fully saturated rings. The Morgan fingerprint density at radius 1 is 0.356 bits per heavy atom. The molecular formula is C78H132NO8+. The van der Waals surface area contributed by atoms with E-state index < -0.39 is 24.3 Å². The second-order valence-electron chi connectivity index (χ2n) is 24.5. The van der Waals surface area contributed by atoms with Gasteiger partial charge in [-0.1, -0.05) is 289 Å².